The predicted octanol–water partition coefficient (Wildman–Crippen LogP) is -0.496. The highest BCUT2D eigenvalue weighted by Gasteiger charge is 2.40. The van der Waals surface area contributed by atoms with E-state index in [0.29, 0.717) is 26.2 Å². The van der Waals surface area contributed by atoms with Gasteiger partial charge in [-0.3, -0.25) is 9.78 Å². The number of nitrogens with zero attached hydrogens (tertiary/aromatic N) is 4. The third-order valence-electron chi connectivity index (χ3n) is 4.05. The van der Waals surface area contributed by atoms with Crippen molar-refractivity contribution in [3.8, 4) is 0 Å². The van der Waals surface area contributed by atoms with Crippen LogP contribution >= 0.6 is 0 Å². The van der Waals surface area contributed by atoms with E-state index in [1.165, 1.54) is 0 Å². The summed E-state index contributed by atoms with van der Waals surface area (Å²) in [6.07, 6.45) is 5.11. The zero-order chi connectivity index (χ0) is 14.7. The van der Waals surface area contributed by atoms with Crippen molar-refractivity contribution in [2.45, 2.75) is 12.5 Å². The molecule has 1 atom stereocenters. The Kier molecular flexibility index (Phi) is 4.03. The summed E-state index contributed by atoms with van der Waals surface area (Å²) >= 11 is 0. The van der Waals surface area contributed by atoms with E-state index >= 15 is 0 Å². The first kappa shape index (κ1) is 14.2. The van der Waals surface area contributed by atoms with Crippen LogP contribution in [0.2, 0.25) is 0 Å². The lowest BCUT2D eigenvalue weighted by molar-refractivity contribution is -0.159. The minimum atomic E-state index is -0.729. The number of carbonyl (C=O) groups is 1. The van der Waals surface area contributed by atoms with Gasteiger partial charge in [0.2, 0.25) is 0 Å². The van der Waals surface area contributed by atoms with E-state index in [1.54, 1.807) is 18.6 Å². The maximum atomic E-state index is 12.6. The lowest BCUT2D eigenvalue weighted by Crippen LogP contribution is -2.61. The second-order valence-electron chi connectivity index (χ2n) is 5.60. The monoisotopic (exact) mass is 291 g/mol. The Morgan fingerprint density at radius 3 is 2.76 bits per heavy atom. The molecule has 2 fully saturated rings. The number of nitrogens with one attached hydrogen (secondary N) is 1. The molecule has 0 spiro atoms. The van der Waals surface area contributed by atoms with Crippen molar-refractivity contribution in [1.82, 2.24) is 20.2 Å². The second-order valence-corrected chi connectivity index (χ2v) is 5.60. The van der Waals surface area contributed by atoms with Gasteiger partial charge in [-0.2, -0.15) is 0 Å². The molecule has 0 bridgehead atoms. The Morgan fingerprint density at radius 1 is 1.33 bits per heavy atom. The van der Waals surface area contributed by atoms with Crippen LogP contribution in [0.1, 0.15) is 6.92 Å². The highest BCUT2D eigenvalue weighted by molar-refractivity contribution is 5.85. The molecule has 0 saturated carbocycles. The Bertz CT molecular complexity index is 481. The third-order valence-corrected chi connectivity index (χ3v) is 4.05. The standard InChI is InChI=1S/C14H21N5O2/c1-14(11-16-4-9-21-14)13(20)19-7-5-18(6-8-19)12-10-15-2-3-17-12/h2-3,10,16H,4-9,11H2,1H3/t14-/m1/s1. The van der Waals surface area contributed by atoms with Crippen LogP contribution in [0.5, 0.6) is 0 Å². The van der Waals surface area contributed by atoms with Crippen LogP contribution in [0.15, 0.2) is 18.6 Å². The number of hydrogen-bond donors (Lipinski definition) is 1. The van der Waals surface area contributed by atoms with Crippen LogP contribution in [-0.2, 0) is 9.53 Å². The molecule has 2 aliphatic heterocycles. The minimum absolute atomic E-state index is 0.0773. The average molecular weight is 291 g/mol. The summed E-state index contributed by atoms with van der Waals surface area (Å²) in [5.41, 5.74) is -0.729. The molecule has 7 nitrogen and oxygen atoms in total. The summed E-state index contributed by atoms with van der Waals surface area (Å²) in [5.74, 6) is 0.944. The van der Waals surface area contributed by atoms with Crippen molar-refractivity contribution in [3.05, 3.63) is 18.6 Å². The van der Waals surface area contributed by atoms with Crippen molar-refractivity contribution >= 4 is 11.7 Å². The molecule has 0 unspecified atom stereocenters. The van der Waals surface area contributed by atoms with Crippen LogP contribution in [0.3, 0.4) is 0 Å². The van der Waals surface area contributed by atoms with Gasteiger partial charge in [-0.25, -0.2) is 4.98 Å². The van der Waals surface area contributed by atoms with Gasteiger partial charge in [0.05, 0.1) is 12.8 Å². The van der Waals surface area contributed by atoms with Crippen LogP contribution in [-0.4, -0.2) is 72.3 Å². The van der Waals surface area contributed by atoms with E-state index in [1.807, 2.05) is 11.8 Å². The van der Waals surface area contributed by atoms with Crippen molar-refractivity contribution < 1.29 is 9.53 Å². The van der Waals surface area contributed by atoms with Gasteiger partial charge in [-0.1, -0.05) is 0 Å². The molecule has 2 saturated heterocycles. The molecule has 1 aromatic heterocycles. The van der Waals surface area contributed by atoms with Crippen LogP contribution in [0.4, 0.5) is 5.82 Å². The molecule has 7 heteroatoms. The number of anilines is 1. The summed E-state index contributed by atoms with van der Waals surface area (Å²) in [7, 11) is 0. The molecular formula is C14H21N5O2. The zero-order valence-electron chi connectivity index (χ0n) is 12.3. The number of hydrogen-bond acceptors (Lipinski definition) is 6. The number of ether oxygens (including phenoxy) is 1. The smallest absolute Gasteiger partial charge is 0.255 e. The molecule has 3 heterocycles. The number of rotatable bonds is 2. The lowest BCUT2D eigenvalue weighted by Gasteiger charge is -2.41. The zero-order valence-corrected chi connectivity index (χ0v) is 12.3. The number of aromatic nitrogens is 2. The van der Waals surface area contributed by atoms with Crippen LogP contribution in [0, 0.1) is 0 Å². The van der Waals surface area contributed by atoms with Crippen molar-refractivity contribution in [3.63, 3.8) is 0 Å². The topological polar surface area (TPSA) is 70.6 Å². The fourth-order valence-electron chi connectivity index (χ4n) is 2.79. The van der Waals surface area contributed by atoms with E-state index in [2.05, 4.69) is 20.2 Å². The summed E-state index contributed by atoms with van der Waals surface area (Å²) in [4.78, 5) is 25.1. The second kappa shape index (κ2) is 5.95. The van der Waals surface area contributed by atoms with E-state index in [9.17, 15) is 4.79 Å². The molecular weight excluding hydrogens is 270 g/mol. The SMILES string of the molecule is C[C@]1(C(=O)N2CCN(c3cnccn3)CC2)CNCCO1. The summed E-state index contributed by atoms with van der Waals surface area (Å²) in [5, 5.41) is 3.23. The Morgan fingerprint density at radius 2 is 2.14 bits per heavy atom. The largest absolute Gasteiger partial charge is 0.363 e. The Labute approximate surface area is 124 Å². The van der Waals surface area contributed by atoms with Gasteiger partial charge in [0.1, 0.15) is 5.82 Å². The number of piperazine rings is 1. The van der Waals surface area contributed by atoms with E-state index in [4.69, 9.17) is 4.74 Å². The van der Waals surface area contributed by atoms with Gasteiger partial charge in [-0.05, 0) is 6.92 Å². The van der Waals surface area contributed by atoms with Crippen molar-refractivity contribution in [1.29, 1.82) is 0 Å². The normalized spacial score (nSPS) is 26.7. The Hall–Kier alpha value is -1.73. The highest BCUT2D eigenvalue weighted by atomic mass is 16.5. The average Bonchev–Trinajstić information content (AvgIpc) is 2.56. The fourth-order valence-corrected chi connectivity index (χ4v) is 2.79. The number of carbonyl (C=O) groups excluding carboxylic acids is 1. The molecule has 114 valence electrons. The van der Waals surface area contributed by atoms with Crippen LogP contribution in [0.25, 0.3) is 0 Å². The fraction of sp³-hybridized carbons (Fsp3) is 0.643. The van der Waals surface area contributed by atoms with E-state index in [-0.39, 0.29) is 5.91 Å². The van der Waals surface area contributed by atoms with Gasteiger partial charge in [0, 0.05) is 51.7 Å². The number of morpholine rings is 1. The maximum absolute atomic E-state index is 12.6. The molecule has 0 radical (unpaired) electrons. The van der Waals surface area contributed by atoms with Gasteiger partial charge in [0.15, 0.2) is 5.60 Å². The van der Waals surface area contributed by atoms with Gasteiger partial charge in [0.25, 0.3) is 5.91 Å². The van der Waals surface area contributed by atoms with E-state index in [0.717, 1.165) is 25.5 Å². The quantitative estimate of drug-likeness (QED) is 0.792. The molecule has 1 N–H and O–H groups in total. The molecule has 2 aliphatic rings. The summed E-state index contributed by atoms with van der Waals surface area (Å²) in [6, 6.07) is 0. The van der Waals surface area contributed by atoms with Gasteiger partial charge in [-0.15, -0.1) is 0 Å². The molecule has 0 aliphatic carbocycles. The van der Waals surface area contributed by atoms with E-state index < -0.39 is 5.60 Å². The van der Waals surface area contributed by atoms with Crippen LogP contribution < -0.4 is 10.2 Å². The molecule has 21 heavy (non-hydrogen) atoms. The van der Waals surface area contributed by atoms with Gasteiger partial charge < -0.3 is 19.9 Å². The number of amides is 1. The van der Waals surface area contributed by atoms with Gasteiger partial charge >= 0.3 is 0 Å². The third kappa shape index (κ3) is 2.98. The summed E-state index contributed by atoms with van der Waals surface area (Å²) in [6.45, 7) is 6.77. The highest BCUT2D eigenvalue weighted by Crippen LogP contribution is 2.19. The minimum Gasteiger partial charge on any atom is -0.363 e. The summed E-state index contributed by atoms with van der Waals surface area (Å²) < 4.78 is 5.70. The van der Waals surface area contributed by atoms with Crippen molar-refractivity contribution in [2.75, 3.05) is 50.8 Å². The lowest BCUT2D eigenvalue weighted by atomic mass is 10.0. The molecule has 1 amide bonds. The molecule has 3 rings (SSSR count). The predicted molar refractivity (Wildman–Crippen MR) is 78.1 cm³/mol. The first-order valence-corrected chi connectivity index (χ1v) is 7.34. The maximum Gasteiger partial charge on any atom is 0.255 e. The first-order chi connectivity index (χ1) is 10.2. The van der Waals surface area contributed by atoms with Crippen molar-refractivity contribution in [2.24, 2.45) is 0 Å². The molecule has 0 aromatic carbocycles. The first-order valence-electron chi connectivity index (χ1n) is 7.34. The molecule has 1 aromatic rings. The Balaban J connectivity index is 1.59.